The summed E-state index contributed by atoms with van der Waals surface area (Å²) in [4.78, 5) is 32.3. The Morgan fingerprint density at radius 1 is 1.12 bits per heavy atom. The number of aryl methyl sites for hydroxylation is 2. The highest BCUT2D eigenvalue weighted by molar-refractivity contribution is 5.78. The summed E-state index contributed by atoms with van der Waals surface area (Å²) in [5.74, 6) is -0.825. The van der Waals surface area contributed by atoms with Crippen molar-refractivity contribution in [2.75, 3.05) is 19.7 Å². The maximum atomic E-state index is 13.2. The molecule has 1 saturated heterocycles. The molecule has 1 aliphatic rings. The summed E-state index contributed by atoms with van der Waals surface area (Å²) in [7, 11) is 0. The van der Waals surface area contributed by atoms with E-state index >= 15 is 0 Å². The van der Waals surface area contributed by atoms with Crippen molar-refractivity contribution in [3.63, 3.8) is 0 Å². The summed E-state index contributed by atoms with van der Waals surface area (Å²) < 4.78 is 18.9. The van der Waals surface area contributed by atoms with Crippen molar-refractivity contribution in [1.29, 1.82) is 0 Å². The number of halogens is 1. The van der Waals surface area contributed by atoms with Gasteiger partial charge in [-0.2, -0.15) is 0 Å². The van der Waals surface area contributed by atoms with Gasteiger partial charge in [0.15, 0.2) is 6.61 Å². The Labute approximate surface area is 187 Å². The zero-order valence-electron chi connectivity index (χ0n) is 18.8. The van der Waals surface area contributed by atoms with Crippen LogP contribution in [0.2, 0.25) is 0 Å². The number of aromatic nitrogens is 1. The molecule has 172 valence electrons. The summed E-state index contributed by atoms with van der Waals surface area (Å²) in [6.45, 7) is 7.76. The smallest absolute Gasteiger partial charge is 0.303 e. The second kappa shape index (κ2) is 10.5. The summed E-state index contributed by atoms with van der Waals surface area (Å²) in [6.07, 6.45) is 0.196. The summed E-state index contributed by atoms with van der Waals surface area (Å²) in [5, 5.41) is 8.95. The first kappa shape index (κ1) is 23.7. The Hall–Kier alpha value is -3.00. The van der Waals surface area contributed by atoms with Gasteiger partial charge in [-0.25, -0.2) is 4.39 Å². The van der Waals surface area contributed by atoms with E-state index in [2.05, 4.69) is 16.8 Å². The first-order chi connectivity index (χ1) is 15.2. The average molecular weight is 444 g/mol. The van der Waals surface area contributed by atoms with Crippen molar-refractivity contribution in [3.8, 4) is 5.75 Å². The van der Waals surface area contributed by atoms with Crippen LogP contribution in [0.25, 0.3) is 0 Å². The average Bonchev–Trinajstić information content (AvgIpc) is 2.75. The number of hydrogen-bond donors (Lipinski definition) is 1. The van der Waals surface area contributed by atoms with Gasteiger partial charge in [-0.1, -0.05) is 12.1 Å². The Morgan fingerprint density at radius 3 is 2.53 bits per heavy atom. The lowest BCUT2D eigenvalue weighted by atomic mass is 10.1. The van der Waals surface area contributed by atoms with Gasteiger partial charge in [0.2, 0.25) is 0 Å². The van der Waals surface area contributed by atoms with E-state index in [-0.39, 0.29) is 43.3 Å². The molecule has 1 N–H and O–H groups in total. The van der Waals surface area contributed by atoms with Crippen LogP contribution in [0.15, 0.2) is 36.4 Å². The van der Waals surface area contributed by atoms with Crippen LogP contribution in [0.4, 0.5) is 4.39 Å². The van der Waals surface area contributed by atoms with E-state index in [0.29, 0.717) is 31.1 Å². The van der Waals surface area contributed by atoms with Crippen molar-refractivity contribution < 1.29 is 23.8 Å². The van der Waals surface area contributed by atoms with Gasteiger partial charge in [0.05, 0.1) is 12.1 Å². The van der Waals surface area contributed by atoms with Crippen molar-refractivity contribution in [1.82, 2.24) is 14.8 Å². The Balaban J connectivity index is 1.58. The van der Waals surface area contributed by atoms with Crippen LogP contribution < -0.4 is 4.74 Å². The standard InChI is InChI=1S/C24H30FN3O4/c1-16-4-10-22(21(26-16)9-11-24(30)31)32-15-23(29)28-13-17(2)27(12-18(28)3)14-19-5-7-20(25)8-6-19/h4-8,10,17-18H,9,11-15H2,1-3H3,(H,30,31). The third-order valence-electron chi connectivity index (χ3n) is 5.73. The molecular weight excluding hydrogens is 413 g/mol. The number of aliphatic carboxylic acids is 1. The fraction of sp³-hybridized carbons (Fsp3) is 0.458. The number of benzene rings is 1. The first-order valence-electron chi connectivity index (χ1n) is 10.8. The van der Waals surface area contributed by atoms with E-state index in [1.807, 2.05) is 18.7 Å². The molecule has 2 unspecified atom stereocenters. The van der Waals surface area contributed by atoms with Gasteiger partial charge in [0.25, 0.3) is 5.91 Å². The molecule has 0 aliphatic carbocycles. The van der Waals surface area contributed by atoms with Crippen LogP contribution in [0, 0.1) is 12.7 Å². The van der Waals surface area contributed by atoms with Crippen molar-refractivity contribution in [2.24, 2.45) is 0 Å². The maximum absolute atomic E-state index is 13.2. The zero-order valence-corrected chi connectivity index (χ0v) is 18.8. The van der Waals surface area contributed by atoms with Gasteiger partial charge in [0, 0.05) is 43.8 Å². The molecule has 1 aliphatic heterocycles. The number of ether oxygens (including phenoxy) is 1. The summed E-state index contributed by atoms with van der Waals surface area (Å²) >= 11 is 0. The van der Waals surface area contributed by atoms with Gasteiger partial charge in [-0.05, 0) is 50.6 Å². The van der Waals surface area contributed by atoms with Gasteiger partial charge >= 0.3 is 5.97 Å². The van der Waals surface area contributed by atoms with E-state index in [1.54, 1.807) is 24.3 Å². The molecule has 0 saturated carbocycles. The number of carboxylic acids is 1. The van der Waals surface area contributed by atoms with Gasteiger partial charge in [0.1, 0.15) is 11.6 Å². The molecule has 2 aromatic rings. The monoisotopic (exact) mass is 443 g/mol. The van der Waals surface area contributed by atoms with Crippen LogP contribution in [-0.2, 0) is 22.6 Å². The lowest BCUT2D eigenvalue weighted by Crippen LogP contribution is -2.58. The fourth-order valence-electron chi connectivity index (χ4n) is 3.95. The number of rotatable bonds is 8. The highest BCUT2D eigenvalue weighted by Crippen LogP contribution is 2.21. The van der Waals surface area contributed by atoms with E-state index < -0.39 is 5.97 Å². The minimum Gasteiger partial charge on any atom is -0.482 e. The molecule has 0 spiro atoms. The summed E-state index contributed by atoms with van der Waals surface area (Å²) in [5.41, 5.74) is 2.35. The minimum absolute atomic E-state index is 0.00497. The van der Waals surface area contributed by atoms with Crippen molar-refractivity contribution in [2.45, 2.75) is 52.2 Å². The van der Waals surface area contributed by atoms with Crippen molar-refractivity contribution >= 4 is 11.9 Å². The molecular formula is C24H30FN3O4. The van der Waals surface area contributed by atoms with Crippen molar-refractivity contribution in [3.05, 3.63) is 59.2 Å². The van der Waals surface area contributed by atoms with Crippen LogP contribution in [-0.4, -0.2) is 63.5 Å². The number of amides is 1. The van der Waals surface area contributed by atoms with E-state index in [0.717, 1.165) is 11.3 Å². The van der Waals surface area contributed by atoms with Gasteiger partial charge in [-0.3, -0.25) is 19.5 Å². The number of carbonyl (C=O) groups is 2. The Morgan fingerprint density at radius 2 is 1.84 bits per heavy atom. The second-order valence-corrected chi connectivity index (χ2v) is 8.38. The fourth-order valence-corrected chi connectivity index (χ4v) is 3.95. The molecule has 1 aromatic carbocycles. The number of pyridine rings is 1. The van der Waals surface area contributed by atoms with Crippen LogP contribution in [0.1, 0.15) is 37.2 Å². The van der Waals surface area contributed by atoms with Gasteiger partial charge < -0.3 is 14.7 Å². The maximum Gasteiger partial charge on any atom is 0.303 e. The normalized spacial score (nSPS) is 19.1. The molecule has 0 radical (unpaired) electrons. The highest BCUT2D eigenvalue weighted by Gasteiger charge is 2.32. The Kier molecular flexibility index (Phi) is 7.80. The molecule has 3 rings (SSSR count). The lowest BCUT2D eigenvalue weighted by Gasteiger charge is -2.44. The molecule has 2 heterocycles. The highest BCUT2D eigenvalue weighted by atomic mass is 19.1. The SMILES string of the molecule is Cc1ccc(OCC(=O)N2CC(C)N(Cc3ccc(F)cc3)CC2C)c(CCC(=O)O)n1. The molecule has 1 aromatic heterocycles. The topological polar surface area (TPSA) is 83.0 Å². The predicted molar refractivity (Wildman–Crippen MR) is 118 cm³/mol. The van der Waals surface area contributed by atoms with E-state index in [4.69, 9.17) is 9.84 Å². The van der Waals surface area contributed by atoms with E-state index in [9.17, 15) is 14.0 Å². The van der Waals surface area contributed by atoms with Crippen LogP contribution in [0.5, 0.6) is 5.75 Å². The third kappa shape index (κ3) is 6.26. The predicted octanol–water partition coefficient (Wildman–Crippen LogP) is 3.05. The number of carbonyl (C=O) groups excluding carboxylic acids is 1. The van der Waals surface area contributed by atoms with Gasteiger partial charge in [-0.15, -0.1) is 0 Å². The lowest BCUT2D eigenvalue weighted by molar-refractivity contribution is -0.140. The molecule has 1 fully saturated rings. The van der Waals surface area contributed by atoms with Crippen LogP contribution in [0.3, 0.4) is 0 Å². The number of hydrogen-bond acceptors (Lipinski definition) is 5. The quantitative estimate of drug-likeness (QED) is 0.675. The largest absolute Gasteiger partial charge is 0.482 e. The first-order valence-corrected chi connectivity index (χ1v) is 10.8. The Bertz CT molecular complexity index is 951. The second-order valence-electron chi connectivity index (χ2n) is 8.38. The molecule has 32 heavy (non-hydrogen) atoms. The van der Waals surface area contributed by atoms with E-state index in [1.165, 1.54) is 12.1 Å². The number of piperazine rings is 1. The molecule has 0 bridgehead atoms. The number of carboxylic acid groups (broad SMARTS) is 1. The third-order valence-corrected chi connectivity index (χ3v) is 5.73. The molecule has 2 atom stereocenters. The molecule has 7 nitrogen and oxygen atoms in total. The molecule has 8 heteroatoms. The molecule has 1 amide bonds. The van der Waals surface area contributed by atoms with Crippen LogP contribution >= 0.6 is 0 Å². The minimum atomic E-state index is -0.906. The zero-order chi connectivity index (χ0) is 23.3. The number of nitrogens with zero attached hydrogens (tertiary/aromatic N) is 3. The summed E-state index contributed by atoms with van der Waals surface area (Å²) in [6, 6.07) is 10.2.